The van der Waals surface area contributed by atoms with Crippen molar-refractivity contribution in [2.45, 2.75) is 135 Å². The number of carbonyl (C=O) groups excluding carboxylic acids is 1. The summed E-state index contributed by atoms with van der Waals surface area (Å²) in [6.45, 7) is 10.8. The van der Waals surface area contributed by atoms with E-state index in [1.54, 1.807) is 0 Å². The average Bonchev–Trinajstić information content (AvgIpc) is 3.97. The maximum Gasteiger partial charge on any atom is 0.223 e. The van der Waals surface area contributed by atoms with Crippen molar-refractivity contribution < 1.29 is 27.8 Å². The Labute approximate surface area is 298 Å². The number of amides is 1. The second-order valence-corrected chi connectivity index (χ2v) is 19.3. The molecular formula is C42H60F2N2O4. The fourth-order valence-electron chi connectivity index (χ4n) is 13.9. The monoisotopic (exact) mass is 694 g/mol. The molecule has 11 atom stereocenters. The number of benzene rings is 1. The third-order valence-electron chi connectivity index (χ3n) is 16.4. The number of morpholine rings is 1. The van der Waals surface area contributed by atoms with Crippen LogP contribution in [0.15, 0.2) is 18.2 Å². The summed E-state index contributed by atoms with van der Waals surface area (Å²) in [5, 5.41) is 0. The highest BCUT2D eigenvalue weighted by Gasteiger charge is 2.80. The van der Waals surface area contributed by atoms with E-state index < -0.39 is 11.6 Å². The number of nitrogens with zero attached hydrogens (tertiary/aromatic N) is 2. The van der Waals surface area contributed by atoms with E-state index in [1.165, 1.54) is 76.3 Å². The number of hydrogen-bond acceptors (Lipinski definition) is 5. The molecule has 6 nitrogen and oxygen atoms in total. The molecule has 8 heteroatoms. The van der Waals surface area contributed by atoms with Crippen molar-refractivity contribution in [1.82, 2.24) is 9.80 Å². The maximum atomic E-state index is 13.8. The van der Waals surface area contributed by atoms with Crippen molar-refractivity contribution in [3.8, 4) is 0 Å². The summed E-state index contributed by atoms with van der Waals surface area (Å²) in [7, 11) is 2.04. The third-order valence-corrected chi connectivity index (χ3v) is 16.4. The topological polar surface area (TPSA) is 51.2 Å². The molecule has 0 aromatic heterocycles. The van der Waals surface area contributed by atoms with Crippen molar-refractivity contribution in [2.24, 2.45) is 51.2 Å². The Bertz CT molecular complexity index is 1460. The summed E-state index contributed by atoms with van der Waals surface area (Å²) in [4.78, 5) is 17.1. The summed E-state index contributed by atoms with van der Waals surface area (Å²) < 4.78 is 47.6. The van der Waals surface area contributed by atoms with E-state index >= 15 is 0 Å². The van der Waals surface area contributed by atoms with Gasteiger partial charge in [-0.2, -0.15) is 0 Å². The van der Waals surface area contributed by atoms with Crippen molar-refractivity contribution in [2.75, 3.05) is 33.3 Å². The predicted molar refractivity (Wildman–Crippen MR) is 187 cm³/mol. The number of ether oxygens (including phenoxy) is 3. The van der Waals surface area contributed by atoms with Crippen molar-refractivity contribution in [3.63, 3.8) is 0 Å². The zero-order valence-electron chi connectivity index (χ0n) is 30.9. The number of carbonyl (C=O) groups is 1. The molecule has 1 aromatic carbocycles. The van der Waals surface area contributed by atoms with Gasteiger partial charge in [0.25, 0.3) is 0 Å². The quantitative estimate of drug-likeness (QED) is 0.276. The number of hydrogen-bond donors (Lipinski definition) is 0. The molecule has 2 heterocycles. The van der Waals surface area contributed by atoms with Gasteiger partial charge in [-0.25, -0.2) is 8.78 Å². The Kier molecular flexibility index (Phi) is 8.35. The summed E-state index contributed by atoms with van der Waals surface area (Å²) in [5.74, 6) is 2.73. The van der Waals surface area contributed by atoms with Gasteiger partial charge in [-0.3, -0.25) is 9.69 Å². The molecule has 2 aliphatic heterocycles. The van der Waals surface area contributed by atoms with Gasteiger partial charge in [-0.15, -0.1) is 0 Å². The minimum Gasteiger partial charge on any atom is -0.373 e. The van der Waals surface area contributed by atoms with Crippen LogP contribution in [0.4, 0.5) is 8.78 Å². The number of likely N-dealkylation sites (N-methyl/N-ethyl adjacent to an activating group) is 1. The smallest absolute Gasteiger partial charge is 0.223 e. The van der Waals surface area contributed by atoms with Gasteiger partial charge in [-0.1, -0.05) is 20.8 Å². The highest BCUT2D eigenvalue weighted by molar-refractivity contribution is 5.76. The van der Waals surface area contributed by atoms with Crippen LogP contribution in [0.3, 0.4) is 0 Å². The van der Waals surface area contributed by atoms with Crippen LogP contribution >= 0.6 is 0 Å². The first kappa shape index (κ1) is 34.2. The van der Waals surface area contributed by atoms with Crippen molar-refractivity contribution in [3.05, 3.63) is 35.4 Å². The van der Waals surface area contributed by atoms with Crippen LogP contribution in [0.25, 0.3) is 0 Å². The molecule has 8 aliphatic rings. The molecule has 2 saturated heterocycles. The Morgan fingerprint density at radius 2 is 1.72 bits per heavy atom. The van der Waals surface area contributed by atoms with Gasteiger partial charge in [0.05, 0.1) is 31.5 Å². The lowest BCUT2D eigenvalue weighted by molar-refractivity contribution is -0.244. The second kappa shape index (κ2) is 12.2. The van der Waals surface area contributed by atoms with Crippen molar-refractivity contribution in [1.29, 1.82) is 0 Å². The molecule has 276 valence electrons. The fraction of sp³-hybridized carbons (Fsp3) is 0.833. The van der Waals surface area contributed by atoms with E-state index in [4.69, 9.17) is 14.2 Å². The van der Waals surface area contributed by atoms with Gasteiger partial charge in [0.1, 0.15) is 11.6 Å². The highest BCUT2D eigenvalue weighted by Crippen LogP contribution is 2.87. The lowest BCUT2D eigenvalue weighted by atomic mass is 9.46. The Morgan fingerprint density at radius 1 is 0.940 bits per heavy atom. The number of rotatable bonds is 8. The zero-order valence-corrected chi connectivity index (χ0v) is 30.9. The van der Waals surface area contributed by atoms with Crippen LogP contribution in [0.2, 0.25) is 0 Å². The van der Waals surface area contributed by atoms with Crippen LogP contribution in [-0.2, 0) is 25.5 Å². The first-order valence-corrected chi connectivity index (χ1v) is 20.2. The van der Waals surface area contributed by atoms with Gasteiger partial charge in [-0.05, 0) is 153 Å². The van der Waals surface area contributed by atoms with E-state index in [0.29, 0.717) is 78.3 Å². The van der Waals surface area contributed by atoms with Crippen LogP contribution in [-0.4, -0.2) is 73.6 Å². The molecule has 1 amide bonds. The fourth-order valence-corrected chi connectivity index (χ4v) is 13.9. The number of halogens is 2. The van der Waals surface area contributed by atoms with Crippen LogP contribution < -0.4 is 0 Å². The van der Waals surface area contributed by atoms with E-state index in [2.05, 4.69) is 25.7 Å². The molecule has 0 radical (unpaired) electrons. The van der Waals surface area contributed by atoms with Gasteiger partial charge in [0, 0.05) is 32.1 Å². The molecule has 6 aliphatic carbocycles. The van der Waals surface area contributed by atoms with Crippen LogP contribution in [0.1, 0.15) is 110 Å². The lowest BCUT2D eigenvalue weighted by Gasteiger charge is -2.60. The van der Waals surface area contributed by atoms with Crippen LogP contribution in [0.5, 0.6) is 0 Å². The summed E-state index contributed by atoms with van der Waals surface area (Å²) in [6.07, 6.45) is 16.1. The first-order valence-electron chi connectivity index (χ1n) is 20.2. The van der Waals surface area contributed by atoms with Gasteiger partial charge in [0.2, 0.25) is 5.91 Å². The second-order valence-electron chi connectivity index (χ2n) is 19.3. The lowest BCUT2D eigenvalue weighted by Crippen LogP contribution is -2.56. The Morgan fingerprint density at radius 3 is 2.50 bits per heavy atom. The van der Waals surface area contributed by atoms with E-state index in [9.17, 15) is 13.6 Å². The molecule has 0 bridgehead atoms. The number of fused-ring (bicyclic) bond motifs is 4. The molecule has 9 unspecified atom stereocenters. The van der Waals surface area contributed by atoms with E-state index in [1.807, 2.05) is 11.9 Å². The average molecular weight is 695 g/mol. The van der Waals surface area contributed by atoms with E-state index in [-0.39, 0.29) is 29.8 Å². The summed E-state index contributed by atoms with van der Waals surface area (Å²) in [6, 6.07) is 3.82. The molecule has 2 spiro atoms. The molecule has 50 heavy (non-hydrogen) atoms. The molecule has 0 N–H and O–H groups in total. The standard InChI is InChI=1S/C42H60F2N2O4/c1-39(2)35-10-9-31-33-21-34-32(8-7-30(49-34)23-45(4)22-27-17-28(43)20-29(44)18-27)40(33,3)13-14-41(31)25-42(35,41)12-11-36(39)50-38-24-46(15-16-48-38)37(47)19-26-5-6-26/h17-18,20,26,30-36,38H,5-16,19,21-25H2,1-4H3/t30?,31?,32?,33?,34?,35?,36-,38?,40?,41-,42?/m0/s1. The summed E-state index contributed by atoms with van der Waals surface area (Å²) in [5.41, 5.74) is 2.06. The van der Waals surface area contributed by atoms with Crippen LogP contribution in [0, 0.1) is 62.9 Å². The van der Waals surface area contributed by atoms with Crippen molar-refractivity contribution >= 4 is 5.91 Å². The Hall–Kier alpha value is -1.61. The van der Waals surface area contributed by atoms with Gasteiger partial charge in [0.15, 0.2) is 6.29 Å². The predicted octanol–water partition coefficient (Wildman–Crippen LogP) is 7.97. The molecule has 1 aromatic rings. The zero-order chi connectivity index (χ0) is 34.6. The summed E-state index contributed by atoms with van der Waals surface area (Å²) >= 11 is 0. The molecule has 9 rings (SSSR count). The van der Waals surface area contributed by atoms with Gasteiger partial charge < -0.3 is 19.1 Å². The Balaban J connectivity index is 0.841. The van der Waals surface area contributed by atoms with Gasteiger partial charge >= 0.3 is 0 Å². The molecule has 6 saturated carbocycles. The highest BCUT2D eigenvalue weighted by atomic mass is 19.1. The molecular weight excluding hydrogens is 634 g/mol. The largest absolute Gasteiger partial charge is 0.373 e. The first-order chi connectivity index (χ1) is 23.9. The maximum absolute atomic E-state index is 13.8. The SMILES string of the molecule is CN(Cc1cc(F)cc(F)c1)CC1CCC2C(CC3C4CCC5C(C)(C)[C@@H](OC6CN(C(=O)CC7CC7)CCO6)CCC56C[C@@]46CCC23C)O1. The normalized spacial score (nSPS) is 44.5. The molecule has 8 fully saturated rings. The third kappa shape index (κ3) is 5.54. The minimum atomic E-state index is -0.514. The minimum absolute atomic E-state index is 0.0838. The van der Waals surface area contributed by atoms with E-state index in [0.717, 1.165) is 37.3 Å².